The van der Waals surface area contributed by atoms with Crippen molar-refractivity contribution in [1.82, 2.24) is 14.4 Å². The summed E-state index contributed by atoms with van der Waals surface area (Å²) in [6.07, 6.45) is 4.27. The molecule has 0 aliphatic heterocycles. The van der Waals surface area contributed by atoms with Gasteiger partial charge in [0.1, 0.15) is 0 Å². The molecule has 1 amide bonds. The highest BCUT2D eigenvalue weighted by atomic mass is 16.3. The Morgan fingerprint density at radius 2 is 1.81 bits per heavy atom. The molecule has 0 fully saturated rings. The lowest BCUT2D eigenvalue weighted by Crippen LogP contribution is -2.20. The number of imidazole rings is 1. The Bertz CT molecular complexity index is 1010. The Kier molecular flexibility index (Phi) is 4.17. The van der Waals surface area contributed by atoms with Gasteiger partial charge < -0.3 is 10.4 Å². The van der Waals surface area contributed by atoms with Gasteiger partial charge in [0.25, 0.3) is 5.91 Å². The fraction of sp³-hybridized carbons (Fsp3) is 0.0500. The van der Waals surface area contributed by atoms with Crippen molar-refractivity contribution in [2.45, 2.75) is 6.10 Å². The van der Waals surface area contributed by atoms with Gasteiger partial charge in [-0.2, -0.15) is 0 Å². The van der Waals surface area contributed by atoms with Crippen molar-refractivity contribution in [3.8, 4) is 11.3 Å². The van der Waals surface area contributed by atoms with Crippen LogP contribution in [0.1, 0.15) is 11.7 Å². The predicted octanol–water partition coefficient (Wildman–Crippen LogP) is 3.07. The fourth-order valence-corrected chi connectivity index (χ4v) is 2.69. The second-order valence-electron chi connectivity index (χ2n) is 5.83. The van der Waals surface area contributed by atoms with Gasteiger partial charge in [0.05, 0.1) is 5.69 Å². The largest absolute Gasteiger partial charge is 0.378 e. The molecule has 2 aromatic carbocycles. The molecular weight excluding hydrogens is 328 g/mol. The second-order valence-corrected chi connectivity index (χ2v) is 5.83. The smallest absolute Gasteiger partial charge is 0.257 e. The maximum absolute atomic E-state index is 12.2. The van der Waals surface area contributed by atoms with Crippen molar-refractivity contribution in [2.24, 2.45) is 0 Å². The van der Waals surface area contributed by atoms with Crippen LogP contribution in [0.15, 0.2) is 79.3 Å². The third kappa shape index (κ3) is 3.18. The number of amides is 1. The Morgan fingerprint density at radius 3 is 2.54 bits per heavy atom. The van der Waals surface area contributed by atoms with E-state index >= 15 is 0 Å². The Balaban J connectivity index is 1.50. The van der Waals surface area contributed by atoms with E-state index in [1.807, 2.05) is 41.1 Å². The van der Waals surface area contributed by atoms with Crippen LogP contribution in [0.5, 0.6) is 0 Å². The number of carbonyl (C=O) groups excluding carboxylic acids is 1. The molecule has 0 radical (unpaired) electrons. The highest BCUT2D eigenvalue weighted by Crippen LogP contribution is 2.22. The third-order valence-corrected chi connectivity index (χ3v) is 4.05. The van der Waals surface area contributed by atoms with Crippen LogP contribution >= 0.6 is 0 Å². The van der Waals surface area contributed by atoms with Crippen LogP contribution in [0.3, 0.4) is 0 Å². The monoisotopic (exact) mass is 344 g/mol. The molecule has 1 atom stereocenters. The van der Waals surface area contributed by atoms with Gasteiger partial charge in [0.15, 0.2) is 6.10 Å². The lowest BCUT2D eigenvalue weighted by Gasteiger charge is -2.11. The predicted molar refractivity (Wildman–Crippen MR) is 98.5 cm³/mol. The Hall–Kier alpha value is -3.51. The van der Waals surface area contributed by atoms with E-state index in [1.54, 1.807) is 42.6 Å². The van der Waals surface area contributed by atoms with E-state index in [9.17, 15) is 9.90 Å². The lowest BCUT2D eigenvalue weighted by molar-refractivity contribution is -0.124. The number of carbonyl (C=O) groups is 1. The highest BCUT2D eigenvalue weighted by Gasteiger charge is 2.17. The normalized spacial score (nSPS) is 12.0. The minimum Gasteiger partial charge on any atom is -0.378 e. The van der Waals surface area contributed by atoms with E-state index in [1.165, 1.54) is 0 Å². The molecule has 0 aliphatic carbocycles. The average Bonchev–Trinajstić information content (AvgIpc) is 3.13. The molecule has 4 rings (SSSR count). The number of benzene rings is 2. The molecular formula is C20H16N4O2. The molecule has 2 aromatic heterocycles. The molecule has 1 unspecified atom stereocenters. The summed E-state index contributed by atoms with van der Waals surface area (Å²) in [4.78, 5) is 20.9. The molecule has 6 heteroatoms. The van der Waals surface area contributed by atoms with Crippen molar-refractivity contribution in [1.29, 1.82) is 0 Å². The number of aliphatic hydroxyl groups excluding tert-OH is 1. The summed E-state index contributed by atoms with van der Waals surface area (Å²) in [7, 11) is 0. The van der Waals surface area contributed by atoms with E-state index in [0.717, 1.165) is 11.3 Å². The summed E-state index contributed by atoms with van der Waals surface area (Å²) in [6, 6.07) is 18.0. The van der Waals surface area contributed by atoms with Gasteiger partial charge in [-0.25, -0.2) is 9.97 Å². The molecule has 6 nitrogen and oxygen atoms in total. The Morgan fingerprint density at radius 1 is 1.04 bits per heavy atom. The van der Waals surface area contributed by atoms with Gasteiger partial charge in [0.2, 0.25) is 5.78 Å². The number of nitrogens with zero attached hydrogens (tertiary/aromatic N) is 3. The Labute approximate surface area is 149 Å². The summed E-state index contributed by atoms with van der Waals surface area (Å²) in [6.45, 7) is 0. The van der Waals surface area contributed by atoms with Crippen LogP contribution in [0, 0.1) is 0 Å². The summed E-state index contributed by atoms with van der Waals surface area (Å²) in [5.74, 6) is 0.159. The average molecular weight is 344 g/mol. The first-order valence-corrected chi connectivity index (χ1v) is 8.15. The molecule has 0 spiro atoms. The van der Waals surface area contributed by atoms with Crippen molar-refractivity contribution < 1.29 is 9.90 Å². The topological polar surface area (TPSA) is 79.5 Å². The summed E-state index contributed by atoms with van der Waals surface area (Å²) in [5, 5.41) is 12.9. The van der Waals surface area contributed by atoms with Crippen molar-refractivity contribution in [2.75, 3.05) is 5.32 Å². The number of rotatable bonds is 4. The highest BCUT2D eigenvalue weighted by molar-refractivity contribution is 5.94. The lowest BCUT2D eigenvalue weighted by atomic mass is 10.1. The molecule has 2 N–H and O–H groups in total. The van der Waals surface area contributed by atoms with Crippen LogP contribution in [0.4, 0.5) is 5.69 Å². The third-order valence-electron chi connectivity index (χ3n) is 4.05. The zero-order valence-corrected chi connectivity index (χ0v) is 13.8. The quantitative estimate of drug-likeness (QED) is 0.596. The van der Waals surface area contributed by atoms with Crippen molar-refractivity contribution >= 4 is 17.4 Å². The van der Waals surface area contributed by atoms with Gasteiger partial charge in [-0.1, -0.05) is 42.5 Å². The number of fused-ring (bicyclic) bond motifs is 1. The SMILES string of the molecule is O=C(Nc1ccc(-c2cn3cccnc3n2)cc1)C(O)c1ccccc1. The molecule has 2 heterocycles. The van der Waals surface area contributed by atoms with Crippen molar-refractivity contribution in [3.05, 3.63) is 84.8 Å². The molecule has 4 aromatic rings. The second kappa shape index (κ2) is 6.78. The van der Waals surface area contributed by atoms with Crippen LogP contribution in [-0.4, -0.2) is 25.4 Å². The van der Waals surface area contributed by atoms with E-state index in [-0.39, 0.29) is 0 Å². The molecule has 26 heavy (non-hydrogen) atoms. The van der Waals surface area contributed by atoms with Gasteiger partial charge in [-0.15, -0.1) is 0 Å². The number of anilines is 1. The summed E-state index contributed by atoms with van der Waals surface area (Å²) < 4.78 is 1.85. The first-order valence-electron chi connectivity index (χ1n) is 8.15. The number of aliphatic hydroxyl groups is 1. The van der Waals surface area contributed by atoms with Gasteiger partial charge in [-0.05, 0) is 23.8 Å². The zero-order chi connectivity index (χ0) is 17.9. The molecule has 0 saturated carbocycles. The van der Waals surface area contributed by atoms with Crippen LogP contribution in [0.25, 0.3) is 17.0 Å². The minimum atomic E-state index is -1.21. The van der Waals surface area contributed by atoms with Gasteiger partial charge in [-0.3, -0.25) is 9.20 Å². The number of nitrogens with one attached hydrogen (secondary N) is 1. The van der Waals surface area contributed by atoms with Crippen LogP contribution in [-0.2, 0) is 4.79 Å². The van der Waals surface area contributed by atoms with Gasteiger partial charge >= 0.3 is 0 Å². The number of aromatic nitrogens is 3. The molecule has 0 saturated heterocycles. The van der Waals surface area contributed by atoms with E-state index in [4.69, 9.17) is 0 Å². The summed E-state index contributed by atoms with van der Waals surface area (Å²) in [5.41, 5.74) is 2.87. The number of hydrogen-bond donors (Lipinski definition) is 2. The zero-order valence-electron chi connectivity index (χ0n) is 13.8. The molecule has 128 valence electrons. The maximum Gasteiger partial charge on any atom is 0.257 e. The minimum absolute atomic E-state index is 0.471. The van der Waals surface area contributed by atoms with E-state index in [2.05, 4.69) is 15.3 Å². The number of hydrogen-bond acceptors (Lipinski definition) is 4. The standard InChI is InChI=1S/C20H16N4O2/c25-18(15-5-2-1-3-6-15)19(26)22-16-9-7-14(8-10-16)17-13-24-12-4-11-21-20(24)23-17/h1-13,18,25H,(H,22,26). The maximum atomic E-state index is 12.2. The van der Waals surface area contributed by atoms with Gasteiger partial charge in [0, 0.05) is 29.8 Å². The summed E-state index contributed by atoms with van der Waals surface area (Å²) >= 11 is 0. The molecule has 0 bridgehead atoms. The van der Waals surface area contributed by atoms with E-state index < -0.39 is 12.0 Å². The van der Waals surface area contributed by atoms with Crippen molar-refractivity contribution in [3.63, 3.8) is 0 Å². The van der Waals surface area contributed by atoms with Crippen LogP contribution in [0.2, 0.25) is 0 Å². The first-order chi connectivity index (χ1) is 12.7. The first kappa shape index (κ1) is 16.0. The van der Waals surface area contributed by atoms with E-state index in [0.29, 0.717) is 17.0 Å². The van der Waals surface area contributed by atoms with Crippen LogP contribution < -0.4 is 5.32 Å². The fourth-order valence-electron chi connectivity index (χ4n) is 2.69. The molecule has 0 aliphatic rings.